The van der Waals surface area contributed by atoms with Gasteiger partial charge >= 0.3 is 0 Å². The molecule has 0 spiro atoms. The number of nitrogens with zero attached hydrogens (tertiary/aromatic N) is 3. The van der Waals surface area contributed by atoms with E-state index in [-0.39, 0.29) is 0 Å². The minimum absolute atomic E-state index is 0.657. The molecule has 0 aliphatic carbocycles. The molecule has 2 aromatic heterocycles. The van der Waals surface area contributed by atoms with Gasteiger partial charge in [0.1, 0.15) is 0 Å². The van der Waals surface area contributed by atoms with Crippen molar-refractivity contribution in [2.75, 3.05) is 0 Å². The molecule has 0 amide bonds. The van der Waals surface area contributed by atoms with Crippen LogP contribution in [0.3, 0.4) is 0 Å². The predicted molar refractivity (Wildman–Crippen MR) is 191 cm³/mol. The summed E-state index contributed by atoms with van der Waals surface area (Å²) in [6, 6.07) is 60.2. The highest BCUT2D eigenvalue weighted by atomic mass is 15.0. The van der Waals surface area contributed by atoms with E-state index in [1.807, 2.05) is 18.2 Å². The molecule has 0 atom stereocenters. The standard InChI is InChI=1S/C43H27N3/c44-28-29-11-9-12-32(25-29)35-18-10-20-42-43(35)38-27-31(22-24-41(38)46(42)34-15-5-2-6-16-34)30-21-23-40-37(26-30)36-17-7-8-19-39(36)45(40)33-13-3-1-4-14-33/h1-27H. The van der Waals surface area contributed by atoms with Crippen molar-refractivity contribution >= 4 is 43.6 Å². The Labute approximate surface area is 266 Å². The highest BCUT2D eigenvalue weighted by molar-refractivity contribution is 6.17. The number of fused-ring (bicyclic) bond motifs is 6. The van der Waals surface area contributed by atoms with E-state index in [2.05, 4.69) is 161 Å². The van der Waals surface area contributed by atoms with E-state index >= 15 is 0 Å². The lowest BCUT2D eigenvalue weighted by atomic mass is 9.96. The van der Waals surface area contributed by atoms with Crippen LogP contribution in [0.4, 0.5) is 0 Å². The first-order valence-corrected chi connectivity index (χ1v) is 15.5. The van der Waals surface area contributed by atoms with Crippen molar-refractivity contribution in [3.8, 4) is 39.7 Å². The smallest absolute Gasteiger partial charge is 0.0991 e. The van der Waals surface area contributed by atoms with Gasteiger partial charge in [-0.15, -0.1) is 0 Å². The van der Waals surface area contributed by atoms with Crippen molar-refractivity contribution in [3.63, 3.8) is 0 Å². The van der Waals surface area contributed by atoms with Gasteiger partial charge in [0.05, 0.1) is 33.7 Å². The Hall–Kier alpha value is -6.37. The zero-order valence-corrected chi connectivity index (χ0v) is 24.9. The third-order valence-electron chi connectivity index (χ3n) is 9.13. The molecule has 0 aliphatic rings. The molecular weight excluding hydrogens is 558 g/mol. The maximum Gasteiger partial charge on any atom is 0.0991 e. The number of benzene rings is 7. The summed E-state index contributed by atoms with van der Waals surface area (Å²) in [6.07, 6.45) is 0. The maximum atomic E-state index is 9.66. The van der Waals surface area contributed by atoms with E-state index in [1.54, 1.807) is 0 Å². The topological polar surface area (TPSA) is 33.6 Å². The summed E-state index contributed by atoms with van der Waals surface area (Å²) in [5, 5.41) is 14.5. The first-order chi connectivity index (χ1) is 22.8. The van der Waals surface area contributed by atoms with E-state index in [1.165, 1.54) is 43.7 Å². The van der Waals surface area contributed by atoms with Gasteiger partial charge < -0.3 is 9.13 Å². The van der Waals surface area contributed by atoms with Gasteiger partial charge in [0, 0.05) is 32.9 Å². The lowest BCUT2D eigenvalue weighted by Crippen LogP contribution is -1.93. The fourth-order valence-corrected chi connectivity index (χ4v) is 7.11. The minimum Gasteiger partial charge on any atom is -0.309 e. The third-order valence-corrected chi connectivity index (χ3v) is 9.13. The molecule has 0 N–H and O–H groups in total. The van der Waals surface area contributed by atoms with Crippen LogP contribution in [0.15, 0.2) is 164 Å². The lowest BCUT2D eigenvalue weighted by molar-refractivity contribution is 1.18. The minimum atomic E-state index is 0.657. The number of nitriles is 1. The summed E-state index contributed by atoms with van der Waals surface area (Å²) in [6.45, 7) is 0. The monoisotopic (exact) mass is 585 g/mol. The molecule has 0 bridgehead atoms. The Morgan fingerprint density at radius 2 is 0.957 bits per heavy atom. The average molecular weight is 586 g/mol. The molecule has 46 heavy (non-hydrogen) atoms. The Balaban J connectivity index is 1.31. The zero-order chi connectivity index (χ0) is 30.6. The maximum absolute atomic E-state index is 9.66. The van der Waals surface area contributed by atoms with Crippen LogP contribution in [-0.4, -0.2) is 9.13 Å². The number of aromatic nitrogens is 2. The summed E-state index contributed by atoms with van der Waals surface area (Å²) in [5.74, 6) is 0. The molecule has 7 aromatic carbocycles. The lowest BCUT2D eigenvalue weighted by Gasteiger charge is -2.09. The largest absolute Gasteiger partial charge is 0.309 e. The van der Waals surface area contributed by atoms with Gasteiger partial charge in [-0.2, -0.15) is 5.26 Å². The molecule has 9 aromatic rings. The second-order valence-corrected chi connectivity index (χ2v) is 11.7. The fraction of sp³-hybridized carbons (Fsp3) is 0. The Kier molecular flexibility index (Phi) is 5.88. The second-order valence-electron chi connectivity index (χ2n) is 11.7. The quantitative estimate of drug-likeness (QED) is 0.202. The summed E-state index contributed by atoms with van der Waals surface area (Å²) in [4.78, 5) is 0. The van der Waals surface area contributed by atoms with E-state index in [9.17, 15) is 5.26 Å². The normalized spacial score (nSPS) is 11.5. The van der Waals surface area contributed by atoms with Crippen molar-refractivity contribution in [3.05, 3.63) is 169 Å². The average Bonchev–Trinajstić information content (AvgIpc) is 3.64. The van der Waals surface area contributed by atoms with Crippen molar-refractivity contribution in [1.29, 1.82) is 5.26 Å². The van der Waals surface area contributed by atoms with Crippen LogP contribution in [0.2, 0.25) is 0 Å². The number of rotatable bonds is 4. The molecule has 9 rings (SSSR count). The molecule has 0 saturated carbocycles. The summed E-state index contributed by atoms with van der Waals surface area (Å²) < 4.78 is 4.70. The fourth-order valence-electron chi connectivity index (χ4n) is 7.11. The van der Waals surface area contributed by atoms with Crippen LogP contribution in [0, 0.1) is 11.3 Å². The van der Waals surface area contributed by atoms with Crippen LogP contribution >= 0.6 is 0 Å². The number of hydrogen-bond acceptors (Lipinski definition) is 1. The molecule has 214 valence electrons. The van der Waals surface area contributed by atoms with Crippen LogP contribution in [-0.2, 0) is 0 Å². The molecule has 0 fully saturated rings. The summed E-state index contributed by atoms with van der Waals surface area (Å²) in [7, 11) is 0. The molecule has 0 unspecified atom stereocenters. The van der Waals surface area contributed by atoms with Gasteiger partial charge in [-0.3, -0.25) is 0 Å². The summed E-state index contributed by atoms with van der Waals surface area (Å²) >= 11 is 0. The molecule has 0 saturated heterocycles. The van der Waals surface area contributed by atoms with Crippen LogP contribution in [0.5, 0.6) is 0 Å². The summed E-state index contributed by atoms with van der Waals surface area (Å²) in [5.41, 5.74) is 12.1. The Morgan fingerprint density at radius 1 is 0.391 bits per heavy atom. The molecule has 3 heteroatoms. The van der Waals surface area contributed by atoms with Crippen molar-refractivity contribution < 1.29 is 0 Å². The van der Waals surface area contributed by atoms with Crippen molar-refractivity contribution in [2.24, 2.45) is 0 Å². The number of hydrogen-bond donors (Lipinski definition) is 0. The molecule has 3 nitrogen and oxygen atoms in total. The highest BCUT2D eigenvalue weighted by Gasteiger charge is 2.18. The number of para-hydroxylation sites is 3. The van der Waals surface area contributed by atoms with Gasteiger partial charge in [-0.25, -0.2) is 0 Å². The van der Waals surface area contributed by atoms with E-state index in [0.717, 1.165) is 33.5 Å². The van der Waals surface area contributed by atoms with Crippen LogP contribution in [0.25, 0.3) is 77.2 Å². The molecule has 0 aliphatic heterocycles. The first-order valence-electron chi connectivity index (χ1n) is 15.5. The van der Waals surface area contributed by atoms with E-state index in [0.29, 0.717) is 5.56 Å². The third kappa shape index (κ3) is 3.98. The Bertz CT molecular complexity index is 2630. The molecule has 2 heterocycles. The predicted octanol–water partition coefficient (Wildman–Crippen LogP) is 11.1. The molecule has 0 radical (unpaired) electrons. The van der Waals surface area contributed by atoms with Gasteiger partial charge in [0.15, 0.2) is 0 Å². The van der Waals surface area contributed by atoms with Gasteiger partial charge in [0.25, 0.3) is 0 Å². The SMILES string of the molecule is N#Cc1cccc(-c2cccc3c2c2cc(-c4ccc5c(c4)c4ccccc4n5-c4ccccc4)ccc2n3-c2ccccc2)c1. The van der Waals surface area contributed by atoms with Gasteiger partial charge in [-0.05, 0) is 95.1 Å². The van der Waals surface area contributed by atoms with Crippen LogP contribution in [0.1, 0.15) is 5.56 Å². The second kappa shape index (κ2) is 10.4. The van der Waals surface area contributed by atoms with Crippen molar-refractivity contribution in [1.82, 2.24) is 9.13 Å². The first kappa shape index (κ1) is 26.1. The zero-order valence-electron chi connectivity index (χ0n) is 24.9. The van der Waals surface area contributed by atoms with Crippen LogP contribution < -0.4 is 0 Å². The van der Waals surface area contributed by atoms with Gasteiger partial charge in [0.2, 0.25) is 0 Å². The van der Waals surface area contributed by atoms with E-state index in [4.69, 9.17) is 0 Å². The van der Waals surface area contributed by atoms with Crippen molar-refractivity contribution in [2.45, 2.75) is 0 Å². The van der Waals surface area contributed by atoms with Gasteiger partial charge in [-0.1, -0.05) is 91.0 Å². The van der Waals surface area contributed by atoms with E-state index < -0.39 is 0 Å². The highest BCUT2D eigenvalue weighted by Crippen LogP contribution is 2.41. The molecular formula is C43H27N3. The Morgan fingerprint density at radius 3 is 1.67 bits per heavy atom.